The van der Waals surface area contributed by atoms with Crippen molar-refractivity contribution >= 4 is 23.8 Å². The van der Waals surface area contributed by atoms with Crippen LogP contribution in [0.4, 0.5) is 4.79 Å². The number of nitrogens with one attached hydrogen (secondary N) is 2. The Kier molecular flexibility index (Phi) is 2.99. The van der Waals surface area contributed by atoms with Crippen LogP contribution in [0, 0.1) is 5.41 Å². The molecule has 7 heteroatoms. The number of barbiturate groups is 1. The Morgan fingerprint density at radius 3 is 2.35 bits per heavy atom. The van der Waals surface area contributed by atoms with Crippen LogP contribution < -0.4 is 10.6 Å². The van der Waals surface area contributed by atoms with E-state index in [9.17, 15) is 19.2 Å². The average Bonchev–Trinajstić information content (AvgIpc) is 2.84. The molecule has 1 atom stereocenters. The van der Waals surface area contributed by atoms with Crippen molar-refractivity contribution in [2.24, 2.45) is 5.41 Å². The van der Waals surface area contributed by atoms with Crippen LogP contribution in [-0.2, 0) is 14.4 Å². The molecule has 5 amide bonds. The molecule has 2 heterocycles. The Morgan fingerprint density at radius 1 is 1.05 bits per heavy atom. The molecule has 1 aliphatic carbocycles. The van der Waals surface area contributed by atoms with Gasteiger partial charge in [0.1, 0.15) is 5.41 Å². The molecule has 2 N–H and O–H groups in total. The van der Waals surface area contributed by atoms with Gasteiger partial charge in [-0.1, -0.05) is 19.3 Å². The zero-order chi connectivity index (χ0) is 14.3. The molecule has 2 saturated heterocycles. The highest BCUT2D eigenvalue weighted by Gasteiger charge is 2.55. The maximum Gasteiger partial charge on any atom is 0.331 e. The molecule has 3 rings (SSSR count). The number of amides is 5. The van der Waals surface area contributed by atoms with E-state index in [2.05, 4.69) is 10.6 Å². The van der Waals surface area contributed by atoms with Crippen LogP contribution in [0.25, 0.3) is 0 Å². The van der Waals surface area contributed by atoms with Gasteiger partial charge in [0.15, 0.2) is 0 Å². The lowest BCUT2D eigenvalue weighted by Gasteiger charge is -2.42. The van der Waals surface area contributed by atoms with Crippen molar-refractivity contribution in [2.75, 3.05) is 6.54 Å². The third-order valence-corrected chi connectivity index (χ3v) is 4.53. The Bertz CT molecular complexity index is 496. The molecule has 2 aliphatic heterocycles. The predicted octanol–water partition coefficient (Wildman–Crippen LogP) is -0.0962. The van der Waals surface area contributed by atoms with Gasteiger partial charge in [-0.3, -0.25) is 24.6 Å². The van der Waals surface area contributed by atoms with E-state index in [1.165, 1.54) is 0 Å². The molecule has 0 bridgehead atoms. The Labute approximate surface area is 116 Å². The third-order valence-electron chi connectivity index (χ3n) is 4.53. The lowest BCUT2D eigenvalue weighted by molar-refractivity contribution is -0.155. The fourth-order valence-electron chi connectivity index (χ4n) is 3.40. The van der Waals surface area contributed by atoms with E-state index in [-0.39, 0.29) is 18.9 Å². The standard InChI is InChI=1S/C13H17N3O4/c17-9-6-8(7-14-9)16-11(19)13(4-2-1-3-5-13)10(18)15-12(16)20/h8H,1-7H2,(H,14,17)(H,15,18,20). The molecule has 0 aromatic rings. The van der Waals surface area contributed by atoms with Gasteiger partial charge in [0.2, 0.25) is 17.7 Å². The van der Waals surface area contributed by atoms with Crippen LogP contribution in [0.2, 0.25) is 0 Å². The van der Waals surface area contributed by atoms with E-state index in [1.807, 2.05) is 0 Å². The topological polar surface area (TPSA) is 95.6 Å². The van der Waals surface area contributed by atoms with Gasteiger partial charge < -0.3 is 5.32 Å². The highest BCUT2D eigenvalue weighted by molar-refractivity contribution is 6.19. The van der Waals surface area contributed by atoms with E-state index in [0.29, 0.717) is 12.8 Å². The van der Waals surface area contributed by atoms with Crippen molar-refractivity contribution < 1.29 is 19.2 Å². The molecule has 1 saturated carbocycles. The van der Waals surface area contributed by atoms with Gasteiger partial charge in [-0.15, -0.1) is 0 Å². The number of rotatable bonds is 1. The number of carbonyl (C=O) groups excluding carboxylic acids is 4. The molecule has 108 valence electrons. The van der Waals surface area contributed by atoms with Gasteiger partial charge in [0, 0.05) is 13.0 Å². The van der Waals surface area contributed by atoms with Gasteiger partial charge >= 0.3 is 6.03 Å². The first kappa shape index (κ1) is 13.1. The second kappa shape index (κ2) is 4.57. The summed E-state index contributed by atoms with van der Waals surface area (Å²) in [6.45, 7) is 0.266. The lowest BCUT2D eigenvalue weighted by Crippen LogP contribution is -2.66. The van der Waals surface area contributed by atoms with Gasteiger partial charge in [-0.05, 0) is 12.8 Å². The highest BCUT2D eigenvalue weighted by atomic mass is 16.2. The lowest BCUT2D eigenvalue weighted by atomic mass is 9.71. The smallest absolute Gasteiger partial charge is 0.331 e. The maximum atomic E-state index is 12.7. The quantitative estimate of drug-likeness (QED) is 0.655. The Hall–Kier alpha value is -1.92. The number of urea groups is 1. The summed E-state index contributed by atoms with van der Waals surface area (Å²) in [5.41, 5.74) is -1.10. The molecule has 7 nitrogen and oxygen atoms in total. The second-order valence-corrected chi connectivity index (χ2v) is 5.74. The minimum absolute atomic E-state index is 0.115. The number of hydrogen-bond acceptors (Lipinski definition) is 4. The van der Waals surface area contributed by atoms with E-state index in [4.69, 9.17) is 0 Å². The normalized spacial score (nSPS) is 29.6. The fraction of sp³-hybridized carbons (Fsp3) is 0.692. The van der Waals surface area contributed by atoms with Crippen LogP contribution in [0.3, 0.4) is 0 Å². The molecular weight excluding hydrogens is 262 g/mol. The summed E-state index contributed by atoms with van der Waals surface area (Å²) >= 11 is 0. The molecule has 1 unspecified atom stereocenters. The summed E-state index contributed by atoms with van der Waals surface area (Å²) in [5.74, 6) is -1.07. The van der Waals surface area contributed by atoms with Crippen LogP contribution >= 0.6 is 0 Å². The first-order valence-corrected chi connectivity index (χ1v) is 7.00. The van der Waals surface area contributed by atoms with Gasteiger partial charge in [0.25, 0.3) is 0 Å². The van der Waals surface area contributed by atoms with Crippen molar-refractivity contribution in [2.45, 2.75) is 44.6 Å². The van der Waals surface area contributed by atoms with Crippen molar-refractivity contribution in [1.29, 1.82) is 0 Å². The van der Waals surface area contributed by atoms with Crippen molar-refractivity contribution in [1.82, 2.24) is 15.5 Å². The summed E-state index contributed by atoms with van der Waals surface area (Å²) in [5, 5.41) is 4.91. The monoisotopic (exact) mass is 279 g/mol. The Balaban J connectivity index is 1.90. The van der Waals surface area contributed by atoms with Crippen LogP contribution in [0.15, 0.2) is 0 Å². The summed E-state index contributed by atoms with van der Waals surface area (Å²) in [4.78, 5) is 49.2. The fourth-order valence-corrected chi connectivity index (χ4v) is 3.40. The molecule has 0 aromatic carbocycles. The molecule has 0 radical (unpaired) electrons. The van der Waals surface area contributed by atoms with Crippen LogP contribution in [0.5, 0.6) is 0 Å². The van der Waals surface area contributed by atoms with Crippen LogP contribution in [0.1, 0.15) is 38.5 Å². The summed E-state index contributed by atoms with van der Waals surface area (Å²) < 4.78 is 0. The van der Waals surface area contributed by atoms with Gasteiger partial charge in [0.05, 0.1) is 6.04 Å². The largest absolute Gasteiger partial charge is 0.354 e. The minimum Gasteiger partial charge on any atom is -0.354 e. The SMILES string of the molecule is O=C1CC(N2C(=O)NC(=O)C3(CCCCC3)C2=O)CN1. The number of carbonyl (C=O) groups is 4. The summed E-state index contributed by atoms with van der Waals surface area (Å²) in [7, 11) is 0. The highest BCUT2D eigenvalue weighted by Crippen LogP contribution is 2.40. The van der Waals surface area contributed by atoms with Crippen molar-refractivity contribution in [3.63, 3.8) is 0 Å². The third kappa shape index (κ3) is 1.80. The zero-order valence-electron chi connectivity index (χ0n) is 11.1. The summed E-state index contributed by atoms with van der Waals surface area (Å²) in [6, 6.07) is -1.18. The first-order chi connectivity index (χ1) is 9.54. The van der Waals surface area contributed by atoms with Gasteiger partial charge in [-0.2, -0.15) is 0 Å². The van der Waals surface area contributed by atoms with Crippen LogP contribution in [-0.4, -0.2) is 41.2 Å². The molecule has 20 heavy (non-hydrogen) atoms. The van der Waals surface area contributed by atoms with Gasteiger partial charge in [-0.25, -0.2) is 4.79 Å². The zero-order valence-corrected chi connectivity index (χ0v) is 11.1. The average molecular weight is 279 g/mol. The molecule has 0 aromatic heterocycles. The van der Waals surface area contributed by atoms with E-state index >= 15 is 0 Å². The molecule has 1 spiro atoms. The number of hydrogen-bond donors (Lipinski definition) is 2. The maximum absolute atomic E-state index is 12.7. The Morgan fingerprint density at radius 2 is 1.75 bits per heavy atom. The minimum atomic E-state index is -1.10. The first-order valence-electron chi connectivity index (χ1n) is 7.00. The molecule has 3 aliphatic rings. The second-order valence-electron chi connectivity index (χ2n) is 5.74. The molecular formula is C13H17N3O4. The van der Waals surface area contributed by atoms with Crippen molar-refractivity contribution in [3.8, 4) is 0 Å². The summed E-state index contributed by atoms with van der Waals surface area (Å²) in [6.07, 6.45) is 3.69. The number of nitrogens with zero attached hydrogens (tertiary/aromatic N) is 1. The van der Waals surface area contributed by atoms with E-state index < -0.39 is 29.3 Å². The predicted molar refractivity (Wildman–Crippen MR) is 67.3 cm³/mol. The van der Waals surface area contributed by atoms with E-state index in [1.54, 1.807) is 0 Å². The van der Waals surface area contributed by atoms with E-state index in [0.717, 1.165) is 24.2 Å². The molecule has 3 fully saturated rings. The number of imide groups is 2. The van der Waals surface area contributed by atoms with Crippen molar-refractivity contribution in [3.05, 3.63) is 0 Å².